The second kappa shape index (κ2) is 14.6. The van der Waals surface area contributed by atoms with Crippen LogP contribution in [0.2, 0.25) is 0 Å². The van der Waals surface area contributed by atoms with Gasteiger partial charge in [0.1, 0.15) is 17.8 Å². The number of allylic oxidation sites excluding steroid dienone is 2. The van der Waals surface area contributed by atoms with Gasteiger partial charge >= 0.3 is 0 Å². The first-order valence-corrected chi connectivity index (χ1v) is 15.4. The number of aliphatic hydroxyl groups excluding tert-OH is 2. The van der Waals surface area contributed by atoms with Crippen molar-refractivity contribution in [3.63, 3.8) is 0 Å². The average Bonchev–Trinajstić information content (AvgIpc) is 3.73. The summed E-state index contributed by atoms with van der Waals surface area (Å²) in [7, 11) is 1.61. The highest BCUT2D eigenvalue weighted by Crippen LogP contribution is 2.43. The summed E-state index contributed by atoms with van der Waals surface area (Å²) in [4.78, 5) is 27.0. The Bertz CT molecular complexity index is 1020. The molecule has 0 aromatic heterocycles. The largest absolute Gasteiger partial charge is 0.393 e. The summed E-state index contributed by atoms with van der Waals surface area (Å²) in [5.74, 6) is 0.139. The van der Waals surface area contributed by atoms with E-state index in [0.717, 1.165) is 18.4 Å². The quantitative estimate of drug-likeness (QED) is 0.201. The van der Waals surface area contributed by atoms with Gasteiger partial charge in [0, 0.05) is 32.7 Å². The van der Waals surface area contributed by atoms with Crippen molar-refractivity contribution >= 4 is 11.8 Å². The molecular weight excluding hydrogens is 540 g/mol. The predicted molar refractivity (Wildman–Crippen MR) is 158 cm³/mol. The molecule has 4 saturated heterocycles. The highest BCUT2D eigenvalue weighted by molar-refractivity contribution is 5.87. The fourth-order valence-electron chi connectivity index (χ4n) is 6.10. The number of hydrogen-bond acceptors (Lipinski definition) is 8. The molecule has 1 spiro atoms. The Balaban J connectivity index is 1.27. The molecule has 4 aliphatic heterocycles. The average molecular weight is 591 g/mol. The lowest BCUT2D eigenvalue weighted by molar-refractivity contribution is -0.152. The zero-order valence-corrected chi connectivity index (χ0v) is 25.7. The highest BCUT2D eigenvalue weighted by atomic mass is 16.6. The van der Waals surface area contributed by atoms with Crippen LogP contribution in [0.3, 0.4) is 0 Å². The number of methoxy groups -OCH3 is 1. The van der Waals surface area contributed by atoms with Gasteiger partial charge in [-0.2, -0.15) is 0 Å². The van der Waals surface area contributed by atoms with E-state index in [1.807, 2.05) is 32.9 Å². The van der Waals surface area contributed by atoms with Crippen LogP contribution in [0.1, 0.15) is 66.2 Å². The summed E-state index contributed by atoms with van der Waals surface area (Å²) in [6.45, 7) is 9.62. The van der Waals surface area contributed by atoms with Gasteiger partial charge in [-0.05, 0) is 52.4 Å². The van der Waals surface area contributed by atoms with Crippen LogP contribution in [-0.4, -0.2) is 108 Å². The highest BCUT2D eigenvalue weighted by Gasteiger charge is 2.58. The Labute approximate surface area is 250 Å². The summed E-state index contributed by atoms with van der Waals surface area (Å²) >= 11 is 0. The fraction of sp³-hybridized carbons (Fsp3) is 0.750. The van der Waals surface area contributed by atoms with Gasteiger partial charge in [0.2, 0.25) is 11.8 Å². The van der Waals surface area contributed by atoms with E-state index in [4.69, 9.17) is 18.9 Å². The van der Waals surface area contributed by atoms with E-state index in [2.05, 4.69) is 18.3 Å². The molecule has 10 nitrogen and oxygen atoms in total. The number of ether oxygens (including phenoxy) is 4. The molecule has 3 N–H and O–H groups in total. The number of nitrogens with one attached hydrogen (secondary N) is 1. The molecule has 4 aliphatic rings. The lowest BCUT2D eigenvalue weighted by atomic mass is 9.87. The van der Waals surface area contributed by atoms with Crippen LogP contribution in [0.5, 0.6) is 0 Å². The van der Waals surface area contributed by atoms with Crippen molar-refractivity contribution in [2.45, 2.75) is 121 Å². The molecule has 0 aromatic carbocycles. The van der Waals surface area contributed by atoms with Crippen molar-refractivity contribution in [2.24, 2.45) is 5.92 Å². The molecule has 7 unspecified atom stereocenters. The van der Waals surface area contributed by atoms with Crippen LogP contribution in [0.25, 0.3) is 0 Å². The number of epoxide rings is 1. The van der Waals surface area contributed by atoms with E-state index in [9.17, 15) is 19.8 Å². The van der Waals surface area contributed by atoms with Gasteiger partial charge < -0.3 is 39.4 Å². The molecule has 2 amide bonds. The van der Waals surface area contributed by atoms with Crippen molar-refractivity contribution in [1.82, 2.24) is 10.2 Å². The minimum Gasteiger partial charge on any atom is -0.393 e. The van der Waals surface area contributed by atoms with E-state index >= 15 is 0 Å². The number of carbonyl (C=O) groups excluding carboxylic acids is 2. The first-order chi connectivity index (χ1) is 20.0. The van der Waals surface area contributed by atoms with Gasteiger partial charge in [0.15, 0.2) is 0 Å². The third kappa shape index (κ3) is 8.74. The standard InChI is InChI=1S/C32H50N2O8/c1-20(6-9-27-21(2)16-26(23(4)41-27)33-29(36)11-8-22(3)39-5)7-10-28-31(38)32(19-40-32)18-25(42-28)17-30(37)34-14-12-24(35)13-15-34/h6-8,10-11,21-28,31,35,38H,9,12-19H2,1-5H3,(H,33,36)/b10-7+,11-8-,20-6+/t21?,22?,23?,25-,26?,27?,28?,31-,32?/m1/s1. The first kappa shape index (κ1) is 32.8. The van der Waals surface area contributed by atoms with E-state index in [-0.39, 0.29) is 60.7 Å². The molecule has 0 aliphatic carbocycles. The SMILES string of the molecule is COC(C)/C=C\C(=O)NC1CC(C)C(C/C=C(C)/C=C/C2O[C@H](CC(=O)N3CCC(O)CC3)CC3(CO3)[C@@H]2O)OC1C. The molecule has 0 aromatic rings. The van der Waals surface area contributed by atoms with E-state index in [1.54, 1.807) is 18.1 Å². The molecule has 0 saturated carbocycles. The molecule has 4 rings (SSSR count). The molecule has 0 radical (unpaired) electrons. The van der Waals surface area contributed by atoms with Crippen molar-refractivity contribution in [1.29, 1.82) is 0 Å². The molecule has 9 atom stereocenters. The summed E-state index contributed by atoms with van der Waals surface area (Å²) in [5.41, 5.74) is 0.386. The zero-order chi connectivity index (χ0) is 30.4. The van der Waals surface area contributed by atoms with Crippen LogP contribution in [0.15, 0.2) is 36.0 Å². The third-order valence-electron chi connectivity index (χ3n) is 9.16. The Morgan fingerprint density at radius 2 is 1.88 bits per heavy atom. The number of aliphatic hydroxyl groups is 2. The molecular formula is C32H50N2O8. The summed E-state index contributed by atoms with van der Waals surface area (Å²) in [6.07, 6.45) is 10.5. The topological polar surface area (TPSA) is 130 Å². The molecule has 10 heteroatoms. The fourth-order valence-corrected chi connectivity index (χ4v) is 6.10. The van der Waals surface area contributed by atoms with Crippen LogP contribution in [-0.2, 0) is 28.5 Å². The number of piperidine rings is 1. The normalized spacial score (nSPS) is 37.0. The lowest BCUT2D eigenvalue weighted by Crippen LogP contribution is -2.51. The summed E-state index contributed by atoms with van der Waals surface area (Å²) < 4.78 is 23.3. The Hall–Kier alpha value is -2.08. The maximum Gasteiger partial charge on any atom is 0.244 e. The summed E-state index contributed by atoms with van der Waals surface area (Å²) in [5, 5.41) is 23.8. The second-order valence-corrected chi connectivity index (χ2v) is 12.6. The van der Waals surface area contributed by atoms with Crippen LogP contribution >= 0.6 is 0 Å². The monoisotopic (exact) mass is 590 g/mol. The smallest absolute Gasteiger partial charge is 0.244 e. The maximum atomic E-state index is 12.9. The van der Waals surface area contributed by atoms with Crippen molar-refractivity contribution in [3.05, 3.63) is 36.0 Å². The second-order valence-electron chi connectivity index (χ2n) is 12.6. The van der Waals surface area contributed by atoms with Gasteiger partial charge in [0.05, 0.1) is 49.6 Å². The lowest BCUT2D eigenvalue weighted by Gasteiger charge is -2.39. The molecule has 236 valence electrons. The van der Waals surface area contributed by atoms with Gasteiger partial charge in [-0.15, -0.1) is 0 Å². The zero-order valence-electron chi connectivity index (χ0n) is 25.7. The number of carbonyl (C=O) groups is 2. The van der Waals surface area contributed by atoms with Crippen molar-refractivity contribution < 1.29 is 38.7 Å². The minimum atomic E-state index is -0.791. The van der Waals surface area contributed by atoms with Crippen molar-refractivity contribution in [2.75, 3.05) is 26.8 Å². The van der Waals surface area contributed by atoms with Crippen LogP contribution in [0, 0.1) is 5.92 Å². The minimum absolute atomic E-state index is 0.0210. The van der Waals surface area contributed by atoms with Crippen LogP contribution in [0.4, 0.5) is 0 Å². The van der Waals surface area contributed by atoms with Gasteiger partial charge in [0.25, 0.3) is 0 Å². The van der Waals surface area contributed by atoms with E-state index in [1.165, 1.54) is 6.08 Å². The number of hydrogen-bond donors (Lipinski definition) is 3. The molecule has 4 fully saturated rings. The number of likely N-dealkylation sites (tertiary alicyclic amines) is 1. The third-order valence-corrected chi connectivity index (χ3v) is 9.16. The van der Waals surface area contributed by atoms with Gasteiger partial charge in [-0.3, -0.25) is 9.59 Å². The maximum absolute atomic E-state index is 12.9. The van der Waals surface area contributed by atoms with Gasteiger partial charge in [-0.25, -0.2) is 0 Å². The predicted octanol–water partition coefficient (Wildman–Crippen LogP) is 2.43. The summed E-state index contributed by atoms with van der Waals surface area (Å²) in [6, 6.07) is -0.0561. The number of amides is 2. The molecule has 0 bridgehead atoms. The Morgan fingerprint density at radius 3 is 2.55 bits per heavy atom. The first-order valence-electron chi connectivity index (χ1n) is 15.4. The van der Waals surface area contributed by atoms with E-state index < -0.39 is 17.8 Å². The van der Waals surface area contributed by atoms with Crippen LogP contribution < -0.4 is 5.32 Å². The Morgan fingerprint density at radius 1 is 1.17 bits per heavy atom. The van der Waals surface area contributed by atoms with Crippen molar-refractivity contribution in [3.8, 4) is 0 Å². The Kier molecular flexibility index (Phi) is 11.4. The molecule has 4 heterocycles. The number of nitrogens with zero attached hydrogens (tertiary/aromatic N) is 1. The molecule has 42 heavy (non-hydrogen) atoms. The van der Waals surface area contributed by atoms with E-state index in [0.29, 0.717) is 39.0 Å². The number of rotatable bonds is 10. The van der Waals surface area contributed by atoms with Gasteiger partial charge in [-0.1, -0.05) is 36.8 Å².